The molecule has 7 heteroatoms. The van der Waals surface area contributed by atoms with Gasteiger partial charge in [-0.05, 0) is 37.1 Å². The number of alkyl halides is 3. The molecule has 0 saturated heterocycles. The Morgan fingerprint density at radius 1 is 1.24 bits per heavy atom. The van der Waals surface area contributed by atoms with E-state index in [2.05, 4.69) is 10.1 Å². The maximum absolute atomic E-state index is 12.1. The van der Waals surface area contributed by atoms with Crippen molar-refractivity contribution in [2.24, 2.45) is 5.73 Å². The van der Waals surface area contributed by atoms with Crippen LogP contribution in [0.2, 0.25) is 0 Å². The van der Waals surface area contributed by atoms with Gasteiger partial charge in [0.05, 0.1) is 5.54 Å². The highest BCUT2D eigenvalue weighted by atomic mass is 19.4. The van der Waals surface area contributed by atoms with Crippen molar-refractivity contribution in [3.05, 3.63) is 24.3 Å². The molecular formula is C14H17F3N2O2. The molecule has 0 unspecified atom stereocenters. The Bertz CT molecular complexity index is 494. The van der Waals surface area contributed by atoms with Crippen LogP contribution in [-0.2, 0) is 4.79 Å². The van der Waals surface area contributed by atoms with Crippen LogP contribution in [0.3, 0.4) is 0 Å². The molecule has 1 fully saturated rings. The van der Waals surface area contributed by atoms with Crippen LogP contribution in [0.5, 0.6) is 5.75 Å². The molecule has 4 nitrogen and oxygen atoms in total. The zero-order valence-corrected chi connectivity index (χ0v) is 11.4. The summed E-state index contributed by atoms with van der Waals surface area (Å²) in [5, 5.41) is 2.68. The zero-order chi connectivity index (χ0) is 15.5. The van der Waals surface area contributed by atoms with Gasteiger partial charge in [-0.15, -0.1) is 0 Å². The second-order valence-corrected chi connectivity index (χ2v) is 5.25. The third-order valence-electron chi connectivity index (χ3n) is 3.46. The predicted octanol–water partition coefficient (Wildman–Crippen LogP) is 2.84. The van der Waals surface area contributed by atoms with Crippen molar-refractivity contribution in [3.8, 4) is 5.75 Å². The number of ether oxygens (including phenoxy) is 1. The lowest BCUT2D eigenvalue weighted by atomic mass is 9.98. The minimum atomic E-state index is -4.37. The van der Waals surface area contributed by atoms with Crippen LogP contribution in [0.1, 0.15) is 25.7 Å². The minimum absolute atomic E-state index is 0.0913. The van der Waals surface area contributed by atoms with Crippen LogP contribution in [0.25, 0.3) is 0 Å². The van der Waals surface area contributed by atoms with Gasteiger partial charge in [0.2, 0.25) is 5.91 Å². The normalized spacial score (nSPS) is 17.5. The van der Waals surface area contributed by atoms with Gasteiger partial charge in [0.15, 0.2) is 6.61 Å². The van der Waals surface area contributed by atoms with E-state index in [-0.39, 0.29) is 11.7 Å². The van der Waals surface area contributed by atoms with E-state index in [4.69, 9.17) is 5.73 Å². The highest BCUT2D eigenvalue weighted by Gasteiger charge is 2.36. The van der Waals surface area contributed by atoms with E-state index >= 15 is 0 Å². The summed E-state index contributed by atoms with van der Waals surface area (Å²) >= 11 is 0. The molecule has 1 aliphatic carbocycles. The highest BCUT2D eigenvalue weighted by molar-refractivity contribution is 5.98. The first kappa shape index (κ1) is 15.6. The second-order valence-electron chi connectivity index (χ2n) is 5.25. The molecular weight excluding hydrogens is 285 g/mol. The van der Waals surface area contributed by atoms with Gasteiger partial charge in [0.25, 0.3) is 0 Å². The van der Waals surface area contributed by atoms with E-state index < -0.39 is 18.3 Å². The van der Waals surface area contributed by atoms with Crippen molar-refractivity contribution in [2.75, 3.05) is 11.9 Å². The molecule has 0 spiro atoms. The van der Waals surface area contributed by atoms with Crippen LogP contribution in [0.4, 0.5) is 18.9 Å². The number of carbonyl (C=O) groups excluding carboxylic acids is 1. The molecule has 0 bridgehead atoms. The molecule has 1 aromatic carbocycles. The Morgan fingerprint density at radius 2 is 1.81 bits per heavy atom. The van der Waals surface area contributed by atoms with Gasteiger partial charge in [-0.1, -0.05) is 12.8 Å². The second kappa shape index (κ2) is 5.93. The van der Waals surface area contributed by atoms with Crippen LogP contribution in [-0.4, -0.2) is 24.2 Å². The fourth-order valence-electron chi connectivity index (χ4n) is 2.29. The lowest BCUT2D eigenvalue weighted by Gasteiger charge is -2.22. The summed E-state index contributed by atoms with van der Waals surface area (Å²) in [6.07, 6.45) is -1.24. The number of hydrogen-bond donors (Lipinski definition) is 2. The molecule has 2 rings (SSSR count). The Morgan fingerprint density at radius 3 is 2.33 bits per heavy atom. The smallest absolute Gasteiger partial charge is 0.422 e. The van der Waals surface area contributed by atoms with Gasteiger partial charge in [0, 0.05) is 5.69 Å². The summed E-state index contributed by atoms with van der Waals surface area (Å²) in [5.41, 5.74) is 5.65. The molecule has 0 heterocycles. The maximum Gasteiger partial charge on any atom is 0.422 e. The Balaban J connectivity index is 1.92. The number of nitrogens with one attached hydrogen (secondary N) is 1. The first-order valence-electron chi connectivity index (χ1n) is 6.68. The molecule has 1 aromatic rings. The maximum atomic E-state index is 12.1. The van der Waals surface area contributed by atoms with Gasteiger partial charge >= 0.3 is 6.18 Å². The standard InChI is InChI=1S/C14H17F3N2O2/c15-14(16,17)9-21-11-5-3-10(4-6-11)19-12(20)13(18)7-1-2-8-13/h3-6H,1-2,7-9,18H2,(H,19,20). The van der Waals surface area contributed by atoms with E-state index in [9.17, 15) is 18.0 Å². The fraction of sp³-hybridized carbons (Fsp3) is 0.500. The Kier molecular flexibility index (Phi) is 4.41. The van der Waals surface area contributed by atoms with Gasteiger partial charge in [-0.25, -0.2) is 0 Å². The molecule has 21 heavy (non-hydrogen) atoms. The van der Waals surface area contributed by atoms with E-state index in [0.29, 0.717) is 18.5 Å². The molecule has 1 amide bonds. The summed E-state index contributed by atoms with van der Waals surface area (Å²) in [4.78, 5) is 12.1. The molecule has 0 aromatic heterocycles. The molecule has 3 N–H and O–H groups in total. The number of hydrogen-bond acceptors (Lipinski definition) is 3. The quantitative estimate of drug-likeness (QED) is 0.899. The number of benzene rings is 1. The van der Waals surface area contributed by atoms with E-state index in [1.165, 1.54) is 24.3 Å². The molecule has 0 aliphatic heterocycles. The summed E-state index contributed by atoms with van der Waals surface area (Å²) in [7, 11) is 0. The number of carbonyl (C=O) groups is 1. The third-order valence-corrected chi connectivity index (χ3v) is 3.46. The van der Waals surface area contributed by atoms with Gasteiger partial charge in [0.1, 0.15) is 5.75 Å². The van der Waals surface area contributed by atoms with Crippen molar-refractivity contribution in [1.29, 1.82) is 0 Å². The van der Waals surface area contributed by atoms with Gasteiger partial charge in [-0.3, -0.25) is 4.79 Å². The predicted molar refractivity (Wildman–Crippen MR) is 72.0 cm³/mol. The Labute approximate surface area is 120 Å². The average Bonchev–Trinajstić information content (AvgIpc) is 2.85. The SMILES string of the molecule is NC1(C(=O)Nc2ccc(OCC(F)(F)F)cc2)CCCC1. The number of anilines is 1. The molecule has 0 radical (unpaired) electrons. The first-order valence-corrected chi connectivity index (χ1v) is 6.68. The average molecular weight is 302 g/mol. The molecule has 1 aliphatic rings. The summed E-state index contributed by atoms with van der Waals surface area (Å²) < 4.78 is 40.6. The molecule has 116 valence electrons. The van der Waals surface area contributed by atoms with Crippen molar-refractivity contribution in [3.63, 3.8) is 0 Å². The van der Waals surface area contributed by atoms with E-state index in [0.717, 1.165) is 12.8 Å². The van der Waals surface area contributed by atoms with E-state index in [1.54, 1.807) is 0 Å². The lowest BCUT2D eigenvalue weighted by molar-refractivity contribution is -0.153. The monoisotopic (exact) mass is 302 g/mol. The van der Waals surface area contributed by atoms with E-state index in [1.807, 2.05) is 0 Å². The molecule has 0 atom stereocenters. The Hall–Kier alpha value is -1.76. The minimum Gasteiger partial charge on any atom is -0.484 e. The summed E-state index contributed by atoms with van der Waals surface area (Å²) in [6, 6.07) is 5.72. The first-order chi connectivity index (χ1) is 9.78. The largest absolute Gasteiger partial charge is 0.484 e. The van der Waals surface area contributed by atoms with Crippen molar-refractivity contribution in [1.82, 2.24) is 0 Å². The number of halogens is 3. The van der Waals surface area contributed by atoms with Crippen LogP contribution in [0.15, 0.2) is 24.3 Å². The topological polar surface area (TPSA) is 64.4 Å². The fourth-order valence-corrected chi connectivity index (χ4v) is 2.29. The number of amides is 1. The van der Waals surface area contributed by atoms with Crippen molar-refractivity contribution < 1.29 is 22.7 Å². The van der Waals surface area contributed by atoms with Gasteiger partial charge < -0.3 is 15.8 Å². The molecule has 1 saturated carbocycles. The lowest BCUT2D eigenvalue weighted by Crippen LogP contribution is -2.48. The van der Waals surface area contributed by atoms with Crippen molar-refractivity contribution >= 4 is 11.6 Å². The van der Waals surface area contributed by atoms with Crippen LogP contribution in [0, 0.1) is 0 Å². The third kappa shape index (κ3) is 4.35. The zero-order valence-electron chi connectivity index (χ0n) is 11.4. The summed E-state index contributed by atoms with van der Waals surface area (Å²) in [6.45, 7) is -1.34. The number of nitrogens with two attached hydrogens (primary N) is 1. The highest BCUT2D eigenvalue weighted by Crippen LogP contribution is 2.28. The van der Waals surface area contributed by atoms with Crippen molar-refractivity contribution in [2.45, 2.75) is 37.4 Å². The van der Waals surface area contributed by atoms with Crippen LogP contribution >= 0.6 is 0 Å². The van der Waals surface area contributed by atoms with Gasteiger partial charge in [-0.2, -0.15) is 13.2 Å². The summed E-state index contributed by atoms with van der Waals surface area (Å²) in [5.74, 6) is -0.169. The number of rotatable bonds is 4. The van der Waals surface area contributed by atoms with Crippen LogP contribution < -0.4 is 15.8 Å².